The number of benzene rings is 10. The van der Waals surface area contributed by atoms with E-state index in [0.29, 0.717) is 11.3 Å². The fraction of sp³-hybridized carbons (Fsp3) is 0.0462. The zero-order valence-corrected chi connectivity index (χ0v) is 68.2. The van der Waals surface area contributed by atoms with Crippen LogP contribution in [0.5, 0.6) is 11.5 Å². The van der Waals surface area contributed by atoms with Gasteiger partial charge in [0.25, 0.3) is 21.5 Å². The number of aromatic hydroxyl groups is 2. The fourth-order valence-electron chi connectivity index (χ4n) is 9.72. The molecule has 0 saturated carbocycles. The number of rotatable bonds is 20. The number of anilines is 4. The summed E-state index contributed by atoms with van der Waals surface area (Å²) in [6.07, 6.45) is -1.58. The third-order valence-electron chi connectivity index (χ3n) is 14.2. The van der Waals surface area contributed by atoms with Gasteiger partial charge >= 0.3 is 88.7 Å². The zero-order chi connectivity index (χ0) is 74.8. The van der Waals surface area contributed by atoms with Crippen molar-refractivity contribution in [2.24, 2.45) is 20.5 Å². The van der Waals surface area contributed by atoms with Crippen molar-refractivity contribution in [2.75, 3.05) is 10.6 Å². The molecule has 12 rings (SSSR count). The number of hydrogen-bond donors (Lipinski definition) is 4. The molecule has 0 radical (unpaired) electrons. The summed E-state index contributed by atoms with van der Waals surface area (Å²) < 4.78 is 131. The molecule has 0 fully saturated rings. The number of para-hydroxylation sites is 2. The molecule has 0 amide bonds. The van der Waals surface area contributed by atoms with E-state index in [1.807, 2.05) is 30.3 Å². The van der Waals surface area contributed by atoms with Crippen LogP contribution in [0, 0.1) is 20.2 Å². The van der Waals surface area contributed by atoms with E-state index in [2.05, 4.69) is 61.0 Å². The van der Waals surface area contributed by atoms with Gasteiger partial charge in [-0.3, -0.25) is 24.4 Å². The summed E-state index contributed by atoms with van der Waals surface area (Å²) in [4.78, 5) is 41.3. The maximum Gasteiger partial charge on any atom is 1.00 e. The summed E-state index contributed by atoms with van der Waals surface area (Å²) >= 11 is 29.6. The van der Waals surface area contributed by atoms with Gasteiger partial charge in [0.1, 0.15) is 48.4 Å². The van der Waals surface area contributed by atoms with Gasteiger partial charge in [0, 0.05) is 22.9 Å². The summed E-state index contributed by atoms with van der Waals surface area (Å²) in [6, 6.07) is 51.2. The molecule has 2 heterocycles. The number of nitro benzene ring substituents is 2. The molecule has 12 aromatic rings. The Morgan fingerprint density at radius 3 is 1.27 bits per heavy atom. The van der Waals surface area contributed by atoms with Gasteiger partial charge in [-0.1, -0.05) is 141 Å². The Kier molecular flexibility index (Phi) is 33.9. The van der Waals surface area contributed by atoms with Crippen LogP contribution in [0.15, 0.2) is 246 Å². The summed E-state index contributed by atoms with van der Waals surface area (Å²) in [5.74, 6) is -2.14. The molecule has 5 N–H and O–H groups in total. The minimum Gasteiger partial charge on any atom is -0.870 e. The van der Waals surface area contributed by atoms with E-state index in [4.69, 9.17) is 62.2 Å². The molecule has 2 aromatic heterocycles. The van der Waals surface area contributed by atoms with E-state index in [1.54, 1.807) is 84.9 Å². The molecule has 546 valence electrons. The minimum atomic E-state index is -5.35. The van der Waals surface area contributed by atoms with E-state index in [0.717, 1.165) is 42.0 Å². The van der Waals surface area contributed by atoms with Crippen LogP contribution in [0.4, 0.5) is 57.4 Å². The average molecular weight is 1680 g/mol. The van der Waals surface area contributed by atoms with Crippen molar-refractivity contribution in [1.82, 2.24) is 29.9 Å². The second kappa shape index (κ2) is 40.3. The predicted molar refractivity (Wildman–Crippen MR) is 387 cm³/mol. The topological polar surface area (TPSA) is 499 Å². The number of aromatic nitrogens is 6. The first kappa shape index (κ1) is 91.6. The number of nitro groups is 2. The number of azo groups is 2. The van der Waals surface area contributed by atoms with Gasteiger partial charge in [-0.2, -0.15) is 48.6 Å². The van der Waals surface area contributed by atoms with Gasteiger partial charge in [0.15, 0.2) is 5.75 Å². The number of nitrogens with one attached hydrogen (secondary N) is 2. The van der Waals surface area contributed by atoms with Crippen molar-refractivity contribution in [3.8, 4) is 11.5 Å². The molecule has 44 heteroatoms. The van der Waals surface area contributed by atoms with Crippen LogP contribution in [0.2, 0.25) is 21.1 Å². The third-order valence-corrected chi connectivity index (χ3v) is 19.1. The van der Waals surface area contributed by atoms with Crippen LogP contribution in [-0.2, 0) is 53.7 Å². The van der Waals surface area contributed by atoms with Gasteiger partial charge in [0.2, 0.25) is 33.0 Å². The molecular formula is C65H45Cl5N14Na3O18S4-. The number of alkyl halides is 1. The van der Waals surface area contributed by atoms with Crippen molar-refractivity contribution in [3.05, 3.63) is 270 Å². The molecule has 109 heavy (non-hydrogen) atoms. The molecule has 32 nitrogen and oxygen atoms in total. The second-order valence-corrected chi connectivity index (χ2v) is 27.8. The molecule has 0 aliphatic carbocycles. The molecular weight excluding hydrogens is 1640 g/mol. The number of phenols is 2. The predicted octanol–water partition coefficient (Wildman–Crippen LogP) is 7.67. The van der Waals surface area contributed by atoms with Crippen LogP contribution in [0.25, 0.3) is 21.5 Å². The zero-order valence-electron chi connectivity index (χ0n) is 55.1. The number of nitrogens with zero attached hydrogens (tertiary/aromatic N) is 12. The summed E-state index contributed by atoms with van der Waals surface area (Å²) in [5.41, 5.74) is -0.115. The molecule has 0 aliphatic heterocycles. The number of hydrogen-bond acceptors (Lipinski definition) is 31. The number of halogens is 5. The van der Waals surface area contributed by atoms with Crippen LogP contribution in [0.3, 0.4) is 0 Å². The minimum absolute atomic E-state index is 0. The Hall–Kier alpha value is -7.97. The van der Waals surface area contributed by atoms with E-state index in [1.165, 1.54) is 54.6 Å². The third kappa shape index (κ3) is 23.3. The first-order chi connectivity index (χ1) is 49.4. The van der Waals surface area contributed by atoms with Crippen LogP contribution in [-0.4, -0.2) is 89.8 Å². The van der Waals surface area contributed by atoms with Gasteiger partial charge < -0.3 is 43.8 Å². The first-order valence-corrected chi connectivity index (χ1v) is 36.1. The quantitative estimate of drug-likeness (QED) is 0.00830. The molecule has 10 aromatic carbocycles. The fourth-order valence-corrected chi connectivity index (χ4v) is 13.8. The van der Waals surface area contributed by atoms with Crippen LogP contribution >= 0.6 is 58.0 Å². The van der Waals surface area contributed by atoms with E-state index in [9.17, 15) is 73.2 Å². The van der Waals surface area contributed by atoms with Gasteiger partial charge in [0.05, 0.1) is 58.9 Å². The van der Waals surface area contributed by atoms with Gasteiger partial charge in [-0.25, -0.2) is 16.8 Å². The monoisotopic (exact) mass is 1680 g/mol. The Morgan fingerprint density at radius 1 is 0.468 bits per heavy atom. The smallest absolute Gasteiger partial charge is 0.870 e. The Bertz CT molecular complexity index is 5800. The SMILES string of the molecule is C.O=[N+]([O-])c1ccccc1C(Cl)c1ccccc1.O=[N+]([O-])c1ccccc1C(OS(=O)(=O)c1cc2cc(S(=O)(=O)[O-])c(N=Nc3ccccc3)c(O)c2cc1Nc1nc(Cl)nc(Cl)n1)c1ccccc1.O=[S-](=O)c1cc2cc(S(=O)(=O)[O-])c(Nc3nc(Cl)nc(Cl)n3)cc2c(O)c1N=Nc1ccccc1.[Na+].[Na+].[Na+].[OH-]. The molecule has 0 bridgehead atoms. The van der Waals surface area contributed by atoms with E-state index >= 15 is 0 Å². The Balaban J connectivity index is 0.000000322. The second-order valence-electron chi connectivity index (χ2n) is 20.9. The van der Waals surface area contributed by atoms with Crippen LogP contribution in [0.1, 0.15) is 41.2 Å². The van der Waals surface area contributed by atoms with Crippen molar-refractivity contribution in [3.63, 3.8) is 0 Å². The van der Waals surface area contributed by atoms with Crippen molar-refractivity contribution >= 4 is 178 Å². The van der Waals surface area contributed by atoms with Crippen molar-refractivity contribution in [2.45, 2.75) is 38.5 Å². The standard InChI is InChI=1S/C32H21Cl2N7O9S2.C19H11Cl2N6O6S2.C13H10ClNO2.CH4.3Na.H2O/c33-30-36-31(34)38-32(37-30)35-23-17-22-19(16-26(51(45,46)47)27(28(22)42)40-39-20-11-5-2-6-12-20)15-25(23)52(48,49)50-29(18-9-3-1-4-10-18)21-13-7-8-14-24(21)41(43)44;20-17-23-18(21)25-19(24-17)22-12-8-11-9(7-14(12)35(31,32)33)6-13(34(29)30)15(16(11)28)27-26-10-4-2-1-3-5-10;14-13(10-6-2-1-3-7-10)11-8-4-5-9-12(11)15(16)17;;;;;/h1-17,29,42H,(H,45,46,47)(H,35,36,37,38);1-8,28H,(H,31,32,33)(H,22,23,24,25);1-9,13H;1H4;;;;1H2/q;-1;;;3*+1;/p-3. The maximum atomic E-state index is 14.3. The summed E-state index contributed by atoms with van der Waals surface area (Å²) in [7, 11) is -18.4. The van der Waals surface area contributed by atoms with Crippen molar-refractivity contribution in [1.29, 1.82) is 0 Å². The molecule has 0 spiro atoms. The summed E-state index contributed by atoms with van der Waals surface area (Å²) in [5, 5.41) is 63.3. The normalized spacial score (nSPS) is 11.7. The average Bonchev–Trinajstić information content (AvgIpc) is 0.752. The number of fused-ring (bicyclic) bond motifs is 2. The Morgan fingerprint density at radius 2 is 0.826 bits per heavy atom. The summed E-state index contributed by atoms with van der Waals surface area (Å²) in [6.45, 7) is 0. The van der Waals surface area contributed by atoms with Gasteiger partial charge in [-0.05, 0) is 145 Å². The van der Waals surface area contributed by atoms with Crippen LogP contribution < -0.4 is 99.3 Å². The molecule has 2 atom stereocenters. The van der Waals surface area contributed by atoms with E-state index in [-0.39, 0.29) is 190 Å². The molecule has 0 saturated heterocycles. The first-order valence-electron chi connectivity index (χ1n) is 28.9. The van der Waals surface area contributed by atoms with Crippen molar-refractivity contribution < 1.29 is 161 Å². The molecule has 0 aliphatic rings. The maximum absolute atomic E-state index is 14.3. The van der Waals surface area contributed by atoms with E-state index < -0.39 is 111 Å². The number of phenolic OH excluding ortho intramolecular Hbond substituents is 2. The molecule has 2 unspecified atom stereocenters. The van der Waals surface area contributed by atoms with Gasteiger partial charge in [-0.15, -0.1) is 21.8 Å². The largest absolute Gasteiger partial charge is 1.00 e. The Labute approximate surface area is 712 Å².